The summed E-state index contributed by atoms with van der Waals surface area (Å²) >= 11 is 0. The first-order chi connectivity index (χ1) is 14.8. The van der Waals surface area contributed by atoms with Gasteiger partial charge in [0.05, 0.1) is 12.2 Å². The van der Waals surface area contributed by atoms with E-state index in [-0.39, 0.29) is 43.2 Å². The van der Waals surface area contributed by atoms with Crippen LogP contribution in [0.25, 0.3) is 0 Å². The zero-order chi connectivity index (χ0) is 22.4. The summed E-state index contributed by atoms with van der Waals surface area (Å²) in [5, 5.41) is 5.27. The maximum absolute atomic E-state index is 13.6. The van der Waals surface area contributed by atoms with Crippen LogP contribution in [0, 0.1) is 11.6 Å². The smallest absolute Gasteiger partial charge is 0.315 e. The second kappa shape index (κ2) is 10.3. The molecule has 2 atom stereocenters. The van der Waals surface area contributed by atoms with Gasteiger partial charge >= 0.3 is 6.03 Å². The highest BCUT2D eigenvalue weighted by molar-refractivity contribution is 5.94. The van der Waals surface area contributed by atoms with Gasteiger partial charge in [-0.1, -0.05) is 18.2 Å². The van der Waals surface area contributed by atoms with Crippen LogP contribution in [0.4, 0.5) is 13.6 Å². The summed E-state index contributed by atoms with van der Waals surface area (Å²) < 4.78 is 32.8. The maximum Gasteiger partial charge on any atom is 0.315 e. The zero-order valence-corrected chi connectivity index (χ0v) is 17.7. The summed E-state index contributed by atoms with van der Waals surface area (Å²) in [6.45, 7) is 5.38. The van der Waals surface area contributed by atoms with Crippen LogP contribution in [-0.2, 0) is 17.7 Å². The van der Waals surface area contributed by atoms with E-state index in [1.807, 2.05) is 13.8 Å². The van der Waals surface area contributed by atoms with E-state index in [2.05, 4.69) is 10.6 Å². The van der Waals surface area contributed by atoms with Crippen molar-refractivity contribution in [3.05, 3.63) is 70.8 Å². The van der Waals surface area contributed by atoms with Gasteiger partial charge in [-0.3, -0.25) is 4.79 Å². The Morgan fingerprint density at radius 1 is 1.00 bits per heavy atom. The van der Waals surface area contributed by atoms with Gasteiger partial charge in [0.15, 0.2) is 0 Å². The quantitative estimate of drug-likeness (QED) is 0.738. The fourth-order valence-electron chi connectivity index (χ4n) is 3.61. The van der Waals surface area contributed by atoms with Crippen molar-refractivity contribution in [2.75, 3.05) is 19.6 Å². The van der Waals surface area contributed by atoms with Crippen LogP contribution in [-0.4, -0.2) is 48.7 Å². The molecule has 2 N–H and O–H groups in total. The number of nitrogens with one attached hydrogen (secondary N) is 2. The average molecular weight is 431 g/mol. The zero-order valence-electron chi connectivity index (χ0n) is 17.7. The Morgan fingerprint density at radius 2 is 1.61 bits per heavy atom. The van der Waals surface area contributed by atoms with Crippen LogP contribution >= 0.6 is 0 Å². The maximum atomic E-state index is 13.6. The van der Waals surface area contributed by atoms with Gasteiger partial charge in [-0.2, -0.15) is 0 Å². The molecule has 2 aromatic rings. The number of rotatable bonds is 6. The predicted octanol–water partition coefficient (Wildman–Crippen LogP) is 3.26. The van der Waals surface area contributed by atoms with E-state index in [4.69, 9.17) is 4.74 Å². The van der Waals surface area contributed by atoms with Crippen LogP contribution in [0.2, 0.25) is 0 Å². The molecule has 31 heavy (non-hydrogen) atoms. The standard InChI is InChI=1S/C23H27F2N3O3/c1-15-13-28(14-16(2)31-15)22(29)18-8-6-17(7-9-18)12-27-23(30)26-11-10-19-20(24)4-3-5-21(19)25/h3-9,15-16H,10-14H2,1-2H3,(H2,26,27,30). The lowest BCUT2D eigenvalue weighted by molar-refractivity contribution is -0.0586. The lowest BCUT2D eigenvalue weighted by Gasteiger charge is -2.35. The highest BCUT2D eigenvalue weighted by Gasteiger charge is 2.26. The molecule has 0 radical (unpaired) electrons. The van der Waals surface area contributed by atoms with Crippen molar-refractivity contribution in [3.8, 4) is 0 Å². The Morgan fingerprint density at radius 3 is 2.23 bits per heavy atom. The number of ether oxygens (including phenoxy) is 1. The molecule has 1 aliphatic heterocycles. The van der Waals surface area contributed by atoms with Gasteiger partial charge in [-0.15, -0.1) is 0 Å². The summed E-state index contributed by atoms with van der Waals surface area (Å²) in [7, 11) is 0. The van der Waals surface area contributed by atoms with Crippen LogP contribution in [0.5, 0.6) is 0 Å². The van der Waals surface area contributed by atoms with E-state index in [0.29, 0.717) is 18.7 Å². The van der Waals surface area contributed by atoms with Gasteiger partial charge < -0.3 is 20.3 Å². The molecule has 0 aromatic heterocycles. The third-order valence-corrected chi connectivity index (χ3v) is 5.08. The molecule has 2 unspecified atom stereocenters. The lowest BCUT2D eigenvalue weighted by Crippen LogP contribution is -2.48. The van der Waals surface area contributed by atoms with Crippen molar-refractivity contribution in [2.24, 2.45) is 0 Å². The number of halogens is 2. The molecule has 1 aliphatic rings. The monoisotopic (exact) mass is 431 g/mol. The van der Waals surface area contributed by atoms with Crippen molar-refractivity contribution in [3.63, 3.8) is 0 Å². The molecule has 1 fully saturated rings. The van der Waals surface area contributed by atoms with E-state index in [1.165, 1.54) is 18.2 Å². The highest BCUT2D eigenvalue weighted by atomic mass is 19.1. The normalized spacial score (nSPS) is 18.5. The molecule has 0 spiro atoms. The largest absolute Gasteiger partial charge is 0.372 e. The van der Waals surface area contributed by atoms with Gasteiger partial charge in [0, 0.05) is 37.3 Å². The number of carbonyl (C=O) groups excluding carboxylic acids is 2. The average Bonchev–Trinajstić information content (AvgIpc) is 2.73. The number of benzene rings is 2. The molecule has 3 rings (SSSR count). The summed E-state index contributed by atoms with van der Waals surface area (Å²) in [4.78, 5) is 26.4. The number of carbonyl (C=O) groups is 2. The van der Waals surface area contributed by atoms with E-state index >= 15 is 0 Å². The fraction of sp³-hybridized carbons (Fsp3) is 0.391. The second-order valence-corrected chi connectivity index (χ2v) is 7.72. The Bertz CT molecular complexity index is 891. The summed E-state index contributed by atoms with van der Waals surface area (Å²) in [5.41, 5.74) is 1.36. The number of urea groups is 1. The molecule has 3 amide bonds. The van der Waals surface area contributed by atoms with Gasteiger partial charge in [0.25, 0.3) is 5.91 Å². The number of nitrogens with zero attached hydrogens (tertiary/aromatic N) is 1. The van der Waals surface area contributed by atoms with Gasteiger partial charge in [-0.05, 0) is 50.1 Å². The first-order valence-electron chi connectivity index (χ1n) is 10.3. The van der Waals surface area contributed by atoms with Crippen LogP contribution in [0.1, 0.15) is 35.3 Å². The number of hydrogen-bond donors (Lipinski definition) is 2. The molecule has 0 bridgehead atoms. The number of amides is 3. The van der Waals surface area contributed by atoms with E-state index in [1.54, 1.807) is 29.2 Å². The Hall–Kier alpha value is -3.00. The van der Waals surface area contributed by atoms with E-state index in [0.717, 1.165) is 5.56 Å². The van der Waals surface area contributed by atoms with Gasteiger partial charge in [0.1, 0.15) is 11.6 Å². The van der Waals surface area contributed by atoms with Crippen molar-refractivity contribution in [2.45, 2.75) is 39.0 Å². The second-order valence-electron chi connectivity index (χ2n) is 7.72. The van der Waals surface area contributed by atoms with Gasteiger partial charge in [-0.25, -0.2) is 13.6 Å². The number of morpholine rings is 1. The Labute approximate surface area is 180 Å². The third-order valence-electron chi connectivity index (χ3n) is 5.08. The molecular formula is C23H27F2N3O3. The third kappa shape index (κ3) is 6.24. The van der Waals surface area contributed by atoms with E-state index in [9.17, 15) is 18.4 Å². The fourth-order valence-corrected chi connectivity index (χ4v) is 3.61. The van der Waals surface area contributed by atoms with Crippen molar-refractivity contribution < 1.29 is 23.1 Å². The minimum absolute atomic E-state index is 0.00422. The number of hydrogen-bond acceptors (Lipinski definition) is 3. The molecule has 6 nitrogen and oxygen atoms in total. The lowest BCUT2D eigenvalue weighted by atomic mass is 10.1. The first kappa shape index (κ1) is 22.7. The highest BCUT2D eigenvalue weighted by Crippen LogP contribution is 2.15. The Balaban J connectivity index is 1.44. The minimum atomic E-state index is -0.627. The molecule has 8 heteroatoms. The van der Waals surface area contributed by atoms with Crippen molar-refractivity contribution in [1.82, 2.24) is 15.5 Å². The summed E-state index contributed by atoms with van der Waals surface area (Å²) in [5.74, 6) is -1.30. The van der Waals surface area contributed by atoms with Crippen molar-refractivity contribution >= 4 is 11.9 Å². The molecule has 2 aromatic carbocycles. The molecule has 166 valence electrons. The molecule has 1 saturated heterocycles. The molecule has 0 saturated carbocycles. The van der Waals surface area contributed by atoms with E-state index < -0.39 is 17.7 Å². The Kier molecular flexibility index (Phi) is 7.57. The topological polar surface area (TPSA) is 70.7 Å². The van der Waals surface area contributed by atoms with Crippen LogP contribution in [0.15, 0.2) is 42.5 Å². The van der Waals surface area contributed by atoms with Crippen LogP contribution < -0.4 is 10.6 Å². The van der Waals surface area contributed by atoms with Crippen LogP contribution in [0.3, 0.4) is 0 Å². The summed E-state index contributed by atoms with van der Waals surface area (Å²) in [6, 6.07) is 10.3. The molecular weight excluding hydrogens is 404 g/mol. The molecule has 0 aliphatic carbocycles. The van der Waals surface area contributed by atoms with Crippen molar-refractivity contribution in [1.29, 1.82) is 0 Å². The van der Waals surface area contributed by atoms with Gasteiger partial charge in [0.2, 0.25) is 0 Å². The SMILES string of the molecule is CC1CN(C(=O)c2ccc(CNC(=O)NCCc3c(F)cccc3F)cc2)CC(C)O1. The first-order valence-corrected chi connectivity index (χ1v) is 10.3. The summed E-state index contributed by atoms with van der Waals surface area (Å²) in [6.07, 6.45) is 0.0655. The molecule has 1 heterocycles. The predicted molar refractivity (Wildman–Crippen MR) is 113 cm³/mol. The minimum Gasteiger partial charge on any atom is -0.372 e.